The minimum atomic E-state index is -3.16. The molecule has 0 amide bonds. The molecule has 0 bridgehead atoms. The number of nitrogens with two attached hydrogens (primary N) is 1. The van der Waals surface area contributed by atoms with Gasteiger partial charge in [-0.2, -0.15) is 8.78 Å². The number of nitrogens with zero attached hydrogens (tertiary/aromatic N) is 1. The van der Waals surface area contributed by atoms with Crippen molar-refractivity contribution in [2.24, 2.45) is 0 Å². The Morgan fingerprint density at radius 1 is 1.21 bits per heavy atom. The van der Waals surface area contributed by atoms with Crippen molar-refractivity contribution in [2.75, 3.05) is 36.9 Å². The number of ether oxygens (including phenoxy) is 1. The fraction of sp³-hybridized carbons (Fsp3) is 0.455. The smallest absolute Gasteiger partial charge is 0.387 e. The van der Waals surface area contributed by atoms with E-state index in [1.807, 2.05) is 0 Å². The highest BCUT2D eigenvalue weighted by atomic mass is 19.3. The van der Waals surface area contributed by atoms with Crippen LogP contribution in [0.4, 0.5) is 24.5 Å². The second kappa shape index (κ2) is 7.05. The van der Waals surface area contributed by atoms with Gasteiger partial charge in [0.15, 0.2) is 11.6 Å². The normalized spacial score (nSPS) is 10.8. The molecule has 0 fully saturated rings. The SMILES string of the molecule is Nc1cc(F)c(OC(F)F)cc1N(CCO)CCO. The molecule has 1 aromatic rings. The zero-order valence-electron chi connectivity index (χ0n) is 10.0. The summed E-state index contributed by atoms with van der Waals surface area (Å²) in [5, 5.41) is 17.8. The minimum absolute atomic E-state index is 0.000941. The molecule has 0 aliphatic heterocycles. The number of aliphatic hydroxyl groups is 2. The van der Waals surface area contributed by atoms with Crippen LogP contribution in [0.25, 0.3) is 0 Å². The van der Waals surface area contributed by atoms with Crippen LogP contribution in [0, 0.1) is 5.82 Å². The molecular formula is C11H15F3N2O3. The van der Waals surface area contributed by atoms with E-state index in [-0.39, 0.29) is 37.7 Å². The van der Waals surface area contributed by atoms with E-state index >= 15 is 0 Å². The fourth-order valence-corrected chi connectivity index (χ4v) is 1.61. The first-order chi connectivity index (χ1) is 8.99. The molecule has 0 atom stereocenters. The van der Waals surface area contributed by atoms with Gasteiger partial charge in [0.25, 0.3) is 0 Å². The quantitative estimate of drug-likeness (QED) is 0.644. The van der Waals surface area contributed by atoms with Gasteiger partial charge in [-0.05, 0) is 0 Å². The summed E-state index contributed by atoms with van der Waals surface area (Å²) in [5.41, 5.74) is 5.80. The molecule has 5 nitrogen and oxygen atoms in total. The topological polar surface area (TPSA) is 79.0 Å². The van der Waals surface area contributed by atoms with Gasteiger partial charge in [-0.15, -0.1) is 0 Å². The Morgan fingerprint density at radius 3 is 2.26 bits per heavy atom. The zero-order chi connectivity index (χ0) is 14.4. The summed E-state index contributed by atoms with van der Waals surface area (Å²) in [7, 11) is 0. The van der Waals surface area contributed by atoms with Crippen LogP contribution in [-0.2, 0) is 0 Å². The number of halogens is 3. The maximum absolute atomic E-state index is 13.4. The molecule has 0 heterocycles. The number of hydrogen-bond donors (Lipinski definition) is 3. The summed E-state index contributed by atoms with van der Waals surface area (Å²) < 4.78 is 41.6. The molecule has 0 unspecified atom stereocenters. The van der Waals surface area contributed by atoms with Crippen molar-refractivity contribution in [1.82, 2.24) is 0 Å². The van der Waals surface area contributed by atoms with Crippen molar-refractivity contribution in [2.45, 2.75) is 6.61 Å². The number of alkyl halides is 2. The molecule has 19 heavy (non-hydrogen) atoms. The third kappa shape index (κ3) is 4.18. The lowest BCUT2D eigenvalue weighted by molar-refractivity contribution is -0.0521. The van der Waals surface area contributed by atoms with Crippen LogP contribution in [0.2, 0.25) is 0 Å². The molecule has 108 valence electrons. The molecular weight excluding hydrogens is 265 g/mol. The molecule has 0 aliphatic carbocycles. The highest BCUT2D eigenvalue weighted by Crippen LogP contribution is 2.31. The Bertz CT molecular complexity index is 412. The van der Waals surface area contributed by atoms with Gasteiger partial charge in [-0.25, -0.2) is 4.39 Å². The minimum Gasteiger partial charge on any atom is -0.432 e. The van der Waals surface area contributed by atoms with Crippen molar-refractivity contribution in [3.63, 3.8) is 0 Å². The lowest BCUT2D eigenvalue weighted by Crippen LogP contribution is -2.30. The van der Waals surface area contributed by atoms with Crippen molar-refractivity contribution in [1.29, 1.82) is 0 Å². The molecule has 0 saturated heterocycles. The number of anilines is 2. The lowest BCUT2D eigenvalue weighted by atomic mass is 10.2. The number of nitrogen functional groups attached to an aromatic ring is 1. The molecule has 0 spiro atoms. The standard InChI is InChI=1S/C11H15F3N2O3/c12-7-5-8(15)9(6-10(7)19-11(13)14)16(1-3-17)2-4-18/h5-6,11,17-18H,1-4,15H2. The molecule has 8 heteroatoms. The first kappa shape index (κ1) is 15.4. The number of aliphatic hydroxyl groups excluding tert-OH is 2. The Labute approximate surface area is 108 Å². The largest absolute Gasteiger partial charge is 0.432 e. The van der Waals surface area contributed by atoms with E-state index in [9.17, 15) is 13.2 Å². The van der Waals surface area contributed by atoms with E-state index in [0.717, 1.165) is 12.1 Å². The third-order valence-electron chi connectivity index (χ3n) is 2.38. The van der Waals surface area contributed by atoms with Crippen molar-refractivity contribution in [3.05, 3.63) is 17.9 Å². The highest BCUT2D eigenvalue weighted by Gasteiger charge is 2.16. The lowest BCUT2D eigenvalue weighted by Gasteiger charge is -2.25. The van der Waals surface area contributed by atoms with Crippen molar-refractivity contribution in [3.8, 4) is 5.75 Å². The highest BCUT2D eigenvalue weighted by molar-refractivity contribution is 5.70. The van der Waals surface area contributed by atoms with Gasteiger partial charge >= 0.3 is 6.61 Å². The van der Waals surface area contributed by atoms with Crippen LogP contribution in [0.15, 0.2) is 12.1 Å². The Hall–Kier alpha value is -1.67. The van der Waals surface area contributed by atoms with Gasteiger partial charge < -0.3 is 25.6 Å². The molecule has 1 aromatic carbocycles. The van der Waals surface area contributed by atoms with Crippen LogP contribution in [0.5, 0.6) is 5.75 Å². The second-order valence-electron chi connectivity index (χ2n) is 3.65. The molecule has 0 saturated carbocycles. The summed E-state index contributed by atoms with van der Waals surface area (Å²) in [4.78, 5) is 1.44. The average molecular weight is 280 g/mol. The van der Waals surface area contributed by atoms with Crippen LogP contribution >= 0.6 is 0 Å². The van der Waals surface area contributed by atoms with Crippen LogP contribution in [0.1, 0.15) is 0 Å². The van der Waals surface area contributed by atoms with Crippen molar-refractivity contribution < 1.29 is 28.1 Å². The van der Waals surface area contributed by atoms with Gasteiger partial charge in [-0.1, -0.05) is 0 Å². The first-order valence-corrected chi connectivity index (χ1v) is 5.50. The zero-order valence-corrected chi connectivity index (χ0v) is 10.0. The molecule has 4 N–H and O–H groups in total. The Balaban J connectivity index is 3.09. The Kier molecular flexibility index (Phi) is 5.71. The second-order valence-corrected chi connectivity index (χ2v) is 3.65. The fourth-order valence-electron chi connectivity index (χ4n) is 1.61. The number of rotatable bonds is 7. The van der Waals surface area contributed by atoms with Gasteiger partial charge in [0, 0.05) is 25.2 Å². The van der Waals surface area contributed by atoms with Gasteiger partial charge in [0.05, 0.1) is 24.6 Å². The third-order valence-corrected chi connectivity index (χ3v) is 2.38. The average Bonchev–Trinajstić information content (AvgIpc) is 2.32. The number of benzene rings is 1. The maximum atomic E-state index is 13.4. The van der Waals surface area contributed by atoms with Crippen LogP contribution in [-0.4, -0.2) is 43.1 Å². The van der Waals surface area contributed by atoms with Gasteiger partial charge in [0.1, 0.15) is 0 Å². The molecule has 0 radical (unpaired) electrons. The maximum Gasteiger partial charge on any atom is 0.387 e. The molecule has 0 aliphatic rings. The van der Waals surface area contributed by atoms with E-state index in [1.54, 1.807) is 0 Å². The summed E-state index contributed by atoms with van der Waals surface area (Å²) in [6, 6.07) is 1.87. The molecule has 1 rings (SSSR count). The predicted molar refractivity (Wildman–Crippen MR) is 63.8 cm³/mol. The monoisotopic (exact) mass is 280 g/mol. The van der Waals surface area contributed by atoms with E-state index in [0.29, 0.717) is 0 Å². The summed E-state index contributed by atoms with van der Waals surface area (Å²) >= 11 is 0. The van der Waals surface area contributed by atoms with E-state index < -0.39 is 18.2 Å². The van der Waals surface area contributed by atoms with Crippen LogP contribution < -0.4 is 15.4 Å². The molecule has 0 aromatic heterocycles. The van der Waals surface area contributed by atoms with E-state index in [1.165, 1.54) is 4.90 Å². The Morgan fingerprint density at radius 2 is 1.79 bits per heavy atom. The summed E-state index contributed by atoms with van der Waals surface area (Å²) in [5.74, 6) is -1.64. The summed E-state index contributed by atoms with van der Waals surface area (Å²) in [6.07, 6.45) is 0. The summed E-state index contributed by atoms with van der Waals surface area (Å²) in [6.45, 7) is -3.39. The van der Waals surface area contributed by atoms with Crippen LogP contribution in [0.3, 0.4) is 0 Å². The van der Waals surface area contributed by atoms with Gasteiger partial charge in [0.2, 0.25) is 0 Å². The van der Waals surface area contributed by atoms with E-state index in [4.69, 9.17) is 15.9 Å². The van der Waals surface area contributed by atoms with Gasteiger partial charge in [-0.3, -0.25) is 0 Å². The number of hydrogen-bond acceptors (Lipinski definition) is 5. The predicted octanol–water partition coefficient (Wildman–Crippen LogP) is 0.800. The van der Waals surface area contributed by atoms with Crippen molar-refractivity contribution >= 4 is 11.4 Å². The van der Waals surface area contributed by atoms with E-state index in [2.05, 4.69) is 4.74 Å². The first-order valence-electron chi connectivity index (χ1n) is 5.50.